The summed E-state index contributed by atoms with van der Waals surface area (Å²) in [7, 11) is 0. The minimum Gasteiger partial charge on any atom is -0.291 e. The molecular weight excluding hydrogens is 216 g/mol. The van der Waals surface area contributed by atoms with Gasteiger partial charge in [0.1, 0.15) is 0 Å². The molecule has 2 aliphatic rings. The highest BCUT2D eigenvalue weighted by Crippen LogP contribution is 2.38. The van der Waals surface area contributed by atoms with Gasteiger partial charge in [-0.25, -0.2) is 4.52 Å². The Kier molecular flexibility index (Phi) is 1.76. The average Bonchev–Trinajstić information content (AvgIpc) is 3.11. The van der Waals surface area contributed by atoms with Crippen LogP contribution in [0.2, 0.25) is 0 Å². The first-order valence-electron chi connectivity index (χ1n) is 6.33. The minimum absolute atomic E-state index is 0.0296. The summed E-state index contributed by atoms with van der Waals surface area (Å²) in [6.07, 6.45) is 6.44. The first kappa shape index (κ1) is 9.39. The summed E-state index contributed by atoms with van der Waals surface area (Å²) >= 11 is 0. The molecule has 0 atom stereocenters. The van der Waals surface area contributed by atoms with E-state index in [9.17, 15) is 4.79 Å². The maximum absolute atomic E-state index is 11.9. The van der Waals surface area contributed by atoms with E-state index in [0.717, 1.165) is 42.8 Å². The van der Waals surface area contributed by atoms with Gasteiger partial charge in [0.2, 0.25) is 5.78 Å². The molecule has 17 heavy (non-hydrogen) atoms. The lowest BCUT2D eigenvalue weighted by molar-refractivity contribution is 0.632. The molecule has 5 nitrogen and oxygen atoms in total. The predicted octanol–water partition coefficient (Wildman–Crippen LogP) is 1.17. The van der Waals surface area contributed by atoms with Gasteiger partial charge in [0.05, 0.1) is 5.69 Å². The molecule has 1 fully saturated rings. The van der Waals surface area contributed by atoms with Crippen molar-refractivity contribution in [3.8, 4) is 0 Å². The van der Waals surface area contributed by atoms with Crippen molar-refractivity contribution < 1.29 is 0 Å². The molecule has 0 unspecified atom stereocenters. The van der Waals surface area contributed by atoms with E-state index in [4.69, 9.17) is 0 Å². The first-order valence-corrected chi connectivity index (χ1v) is 6.33. The summed E-state index contributed by atoms with van der Waals surface area (Å²) in [5.74, 6) is 2.05. The molecule has 0 saturated heterocycles. The van der Waals surface area contributed by atoms with Crippen LogP contribution < -0.4 is 5.56 Å². The number of H-pyrrole nitrogens is 1. The third-order valence-corrected chi connectivity index (χ3v) is 3.76. The number of aromatic amines is 1. The van der Waals surface area contributed by atoms with E-state index in [1.165, 1.54) is 12.8 Å². The second-order valence-corrected chi connectivity index (χ2v) is 5.07. The maximum Gasteiger partial charge on any atom is 0.255 e. The van der Waals surface area contributed by atoms with E-state index in [-0.39, 0.29) is 5.56 Å². The number of rotatable bonds is 1. The van der Waals surface area contributed by atoms with Gasteiger partial charge in [-0.15, -0.1) is 5.10 Å². The summed E-state index contributed by atoms with van der Waals surface area (Å²) in [5.41, 5.74) is 2.02. The van der Waals surface area contributed by atoms with Gasteiger partial charge in [-0.05, 0) is 38.5 Å². The monoisotopic (exact) mass is 230 g/mol. The van der Waals surface area contributed by atoms with Gasteiger partial charge in [-0.3, -0.25) is 9.78 Å². The van der Waals surface area contributed by atoms with Gasteiger partial charge in [0.15, 0.2) is 5.82 Å². The molecule has 0 aromatic carbocycles. The lowest BCUT2D eigenvalue weighted by Crippen LogP contribution is -2.23. The van der Waals surface area contributed by atoms with Gasteiger partial charge >= 0.3 is 0 Å². The summed E-state index contributed by atoms with van der Waals surface area (Å²) in [4.78, 5) is 19.2. The fourth-order valence-electron chi connectivity index (χ4n) is 2.66. The number of aromatic nitrogens is 4. The normalized spacial score (nSPS) is 19.5. The van der Waals surface area contributed by atoms with Crippen molar-refractivity contribution in [1.82, 2.24) is 19.6 Å². The number of aryl methyl sites for hydroxylation is 1. The second-order valence-electron chi connectivity index (χ2n) is 5.07. The fraction of sp³-hybridized carbons (Fsp3) is 0.583. The van der Waals surface area contributed by atoms with Crippen LogP contribution in [0.1, 0.15) is 48.7 Å². The zero-order chi connectivity index (χ0) is 11.4. The van der Waals surface area contributed by atoms with Crippen molar-refractivity contribution in [3.05, 3.63) is 27.4 Å². The van der Waals surface area contributed by atoms with Crippen LogP contribution in [0.5, 0.6) is 0 Å². The van der Waals surface area contributed by atoms with E-state index in [0.29, 0.717) is 11.7 Å². The van der Waals surface area contributed by atoms with Crippen LogP contribution in [-0.2, 0) is 12.8 Å². The molecule has 0 aliphatic heterocycles. The van der Waals surface area contributed by atoms with E-state index < -0.39 is 0 Å². The van der Waals surface area contributed by atoms with Crippen LogP contribution >= 0.6 is 0 Å². The molecule has 4 rings (SSSR count). The number of hydrogen-bond donors (Lipinski definition) is 1. The minimum atomic E-state index is 0.0296. The van der Waals surface area contributed by atoms with Gasteiger partial charge < -0.3 is 0 Å². The highest BCUT2D eigenvalue weighted by atomic mass is 16.1. The third kappa shape index (κ3) is 1.34. The van der Waals surface area contributed by atoms with Gasteiger partial charge in [0.25, 0.3) is 5.56 Å². The summed E-state index contributed by atoms with van der Waals surface area (Å²) in [6, 6.07) is 0. The summed E-state index contributed by atoms with van der Waals surface area (Å²) in [5, 5.41) is 4.56. The van der Waals surface area contributed by atoms with Crippen LogP contribution in [0.3, 0.4) is 0 Å². The van der Waals surface area contributed by atoms with Crippen LogP contribution in [0.15, 0.2) is 4.79 Å². The Labute approximate surface area is 97.9 Å². The highest BCUT2D eigenvalue weighted by Gasteiger charge is 2.29. The van der Waals surface area contributed by atoms with E-state index >= 15 is 0 Å². The molecule has 0 radical (unpaired) electrons. The first-order chi connectivity index (χ1) is 8.33. The maximum atomic E-state index is 11.9. The highest BCUT2D eigenvalue weighted by molar-refractivity contribution is 5.35. The standard InChI is InChI=1S/C12H14N4O/c17-11-8-3-1-2-4-9(8)16-12(14-11)13-10(15-16)7-5-6-7/h7H,1-6H2,(H,13,14,15,17). The molecule has 88 valence electrons. The lowest BCUT2D eigenvalue weighted by Gasteiger charge is -2.14. The molecule has 0 bridgehead atoms. The molecular formula is C12H14N4O. The van der Waals surface area contributed by atoms with Crippen molar-refractivity contribution in [2.24, 2.45) is 0 Å². The molecule has 2 aliphatic carbocycles. The molecule has 1 saturated carbocycles. The van der Waals surface area contributed by atoms with E-state index in [1.54, 1.807) is 0 Å². The van der Waals surface area contributed by atoms with Crippen molar-refractivity contribution in [2.45, 2.75) is 44.4 Å². The topological polar surface area (TPSA) is 63.0 Å². The molecule has 0 amide bonds. The zero-order valence-electron chi connectivity index (χ0n) is 9.57. The van der Waals surface area contributed by atoms with Crippen LogP contribution in [0.4, 0.5) is 0 Å². The van der Waals surface area contributed by atoms with Crippen LogP contribution in [-0.4, -0.2) is 19.6 Å². The fourth-order valence-corrected chi connectivity index (χ4v) is 2.66. The number of fused-ring (bicyclic) bond motifs is 3. The van der Waals surface area contributed by atoms with E-state index in [1.807, 2.05) is 4.52 Å². The van der Waals surface area contributed by atoms with Crippen molar-refractivity contribution in [1.29, 1.82) is 0 Å². The molecule has 2 heterocycles. The quantitative estimate of drug-likeness (QED) is 0.800. The van der Waals surface area contributed by atoms with Crippen molar-refractivity contribution >= 4 is 5.78 Å². The zero-order valence-corrected chi connectivity index (χ0v) is 9.57. The average molecular weight is 230 g/mol. The molecule has 1 N–H and O–H groups in total. The van der Waals surface area contributed by atoms with Gasteiger partial charge in [0, 0.05) is 11.5 Å². The van der Waals surface area contributed by atoms with Crippen LogP contribution in [0.25, 0.3) is 5.78 Å². The Balaban J connectivity index is 2.02. The van der Waals surface area contributed by atoms with Crippen molar-refractivity contribution in [2.75, 3.05) is 0 Å². The molecule has 2 aromatic heterocycles. The number of hydrogen-bond acceptors (Lipinski definition) is 3. The Morgan fingerprint density at radius 2 is 2.06 bits per heavy atom. The number of nitrogens with one attached hydrogen (secondary N) is 1. The van der Waals surface area contributed by atoms with Gasteiger partial charge in [-0.1, -0.05) is 0 Å². The SMILES string of the molecule is O=c1[nH]c2nc(C3CC3)nn2c2c1CCCC2. The van der Waals surface area contributed by atoms with Crippen molar-refractivity contribution in [3.63, 3.8) is 0 Å². The summed E-state index contributed by atoms with van der Waals surface area (Å²) < 4.78 is 1.86. The van der Waals surface area contributed by atoms with E-state index in [2.05, 4.69) is 15.1 Å². The Morgan fingerprint density at radius 3 is 2.88 bits per heavy atom. The van der Waals surface area contributed by atoms with Crippen LogP contribution in [0, 0.1) is 0 Å². The molecule has 5 heteroatoms. The Morgan fingerprint density at radius 1 is 1.24 bits per heavy atom. The largest absolute Gasteiger partial charge is 0.291 e. The second kappa shape index (κ2) is 3.18. The molecule has 0 spiro atoms. The molecule has 2 aromatic rings. The number of nitrogens with zero attached hydrogens (tertiary/aromatic N) is 3. The Bertz CT molecular complexity index is 650. The van der Waals surface area contributed by atoms with Gasteiger partial charge in [-0.2, -0.15) is 4.98 Å². The summed E-state index contributed by atoms with van der Waals surface area (Å²) in [6.45, 7) is 0. The Hall–Kier alpha value is -1.65. The lowest BCUT2D eigenvalue weighted by atomic mass is 9.97. The smallest absolute Gasteiger partial charge is 0.255 e. The predicted molar refractivity (Wildman–Crippen MR) is 62.2 cm³/mol. The third-order valence-electron chi connectivity index (χ3n) is 3.76.